The first-order valence-corrected chi connectivity index (χ1v) is 14.6. The molecule has 1 amide bonds. The number of nitrogens with one attached hydrogen (secondary N) is 1. The summed E-state index contributed by atoms with van der Waals surface area (Å²) in [7, 11) is 1.55. The molecule has 0 aliphatic heterocycles. The first-order chi connectivity index (χ1) is 17.4. The molecule has 1 aromatic rings. The van der Waals surface area contributed by atoms with Crippen LogP contribution >= 0.6 is 0 Å². The van der Waals surface area contributed by atoms with Gasteiger partial charge < -0.3 is 14.8 Å². The van der Waals surface area contributed by atoms with E-state index in [1.54, 1.807) is 7.05 Å². The molecule has 4 atom stereocenters. The van der Waals surface area contributed by atoms with E-state index in [0.717, 1.165) is 36.3 Å². The molecule has 0 saturated heterocycles. The molecular formula is C31H51NO4. The van der Waals surface area contributed by atoms with Gasteiger partial charge in [-0.2, -0.15) is 0 Å². The SMILES string of the molecule is CC.CCCCCCCC[C@H]1CC[C@@H]2Cc3c(cccc3OCC(=O)OC(C(=O)NC)C(C)C)C[C@H]12. The average Bonchev–Trinajstić information content (AvgIpc) is 3.28. The standard InChI is InChI=1S/C29H45NO4.C2H6/c1-5-6-7-8-9-10-12-21-15-16-23-18-25-22(17-24(21)23)13-11-14-26(25)33-19-27(31)34-28(20(2)3)29(32)30-4;1-2/h11,13-14,20-21,23-24,28H,5-10,12,15-19H2,1-4H3,(H,30,32);1-2H3/t21-,23+,24+,28?;/m0./s1. The van der Waals surface area contributed by atoms with Gasteiger partial charge in [-0.3, -0.25) is 4.79 Å². The average molecular weight is 502 g/mol. The van der Waals surface area contributed by atoms with Crippen molar-refractivity contribution in [2.24, 2.45) is 23.7 Å². The Hall–Kier alpha value is -2.04. The van der Waals surface area contributed by atoms with Gasteiger partial charge in [-0.25, -0.2) is 4.79 Å². The van der Waals surface area contributed by atoms with Gasteiger partial charge in [0.25, 0.3) is 5.91 Å². The Kier molecular flexibility index (Phi) is 13.4. The third kappa shape index (κ3) is 8.52. The highest BCUT2D eigenvalue weighted by molar-refractivity contribution is 5.84. The van der Waals surface area contributed by atoms with Crippen LogP contribution in [-0.2, 0) is 27.2 Å². The van der Waals surface area contributed by atoms with Crippen LogP contribution < -0.4 is 10.1 Å². The summed E-state index contributed by atoms with van der Waals surface area (Å²) < 4.78 is 11.3. The molecule has 1 unspecified atom stereocenters. The van der Waals surface area contributed by atoms with Crippen molar-refractivity contribution in [3.63, 3.8) is 0 Å². The maximum Gasteiger partial charge on any atom is 0.344 e. The molecule has 1 saturated carbocycles. The highest BCUT2D eigenvalue weighted by atomic mass is 16.6. The van der Waals surface area contributed by atoms with Crippen LogP contribution in [0.25, 0.3) is 0 Å². The minimum Gasteiger partial charge on any atom is -0.482 e. The molecular weight excluding hydrogens is 450 g/mol. The summed E-state index contributed by atoms with van der Waals surface area (Å²) in [5, 5.41) is 2.56. The third-order valence-electron chi connectivity index (χ3n) is 7.91. The number of unbranched alkanes of at least 4 members (excludes halogenated alkanes) is 5. The second-order valence-corrected chi connectivity index (χ2v) is 10.7. The number of rotatable bonds is 13. The Morgan fingerprint density at radius 2 is 1.75 bits per heavy atom. The number of likely N-dealkylation sites (N-methyl/N-ethyl adjacent to an activating group) is 1. The Balaban J connectivity index is 0.00000222. The molecule has 1 N–H and O–H groups in total. The Morgan fingerprint density at radius 3 is 2.44 bits per heavy atom. The molecule has 0 spiro atoms. The lowest BCUT2D eigenvalue weighted by Crippen LogP contribution is -2.40. The number of carbonyl (C=O) groups excluding carboxylic acids is 2. The molecule has 36 heavy (non-hydrogen) atoms. The van der Waals surface area contributed by atoms with Crippen molar-refractivity contribution in [2.45, 2.75) is 111 Å². The van der Waals surface area contributed by atoms with Crippen LogP contribution in [0.2, 0.25) is 0 Å². The van der Waals surface area contributed by atoms with Gasteiger partial charge in [-0.1, -0.05) is 91.7 Å². The van der Waals surface area contributed by atoms with Crippen molar-refractivity contribution in [3.05, 3.63) is 29.3 Å². The summed E-state index contributed by atoms with van der Waals surface area (Å²) in [6, 6.07) is 6.24. The predicted octanol–water partition coefficient (Wildman–Crippen LogP) is 6.90. The number of amides is 1. The lowest BCUT2D eigenvalue weighted by molar-refractivity contribution is -0.160. The summed E-state index contributed by atoms with van der Waals surface area (Å²) in [6.45, 7) is 9.82. The quantitative estimate of drug-likeness (QED) is 0.236. The Bertz CT molecular complexity index is 806. The molecule has 3 rings (SSSR count). The monoisotopic (exact) mass is 501 g/mol. The van der Waals surface area contributed by atoms with Gasteiger partial charge in [0.1, 0.15) is 5.75 Å². The van der Waals surface area contributed by atoms with E-state index in [1.807, 2.05) is 39.8 Å². The van der Waals surface area contributed by atoms with Crippen LogP contribution in [0.5, 0.6) is 5.75 Å². The number of carbonyl (C=O) groups is 2. The minimum atomic E-state index is -0.798. The fourth-order valence-electron chi connectivity index (χ4n) is 6.01. The van der Waals surface area contributed by atoms with Crippen LogP contribution in [0.15, 0.2) is 18.2 Å². The van der Waals surface area contributed by atoms with E-state index in [0.29, 0.717) is 0 Å². The van der Waals surface area contributed by atoms with E-state index in [9.17, 15) is 9.59 Å². The van der Waals surface area contributed by atoms with Gasteiger partial charge in [0, 0.05) is 7.05 Å². The smallest absolute Gasteiger partial charge is 0.344 e. The number of fused-ring (bicyclic) bond motifs is 2. The minimum absolute atomic E-state index is 0.100. The summed E-state index contributed by atoms with van der Waals surface area (Å²) in [5.41, 5.74) is 2.65. The highest BCUT2D eigenvalue weighted by Gasteiger charge is 2.39. The van der Waals surface area contributed by atoms with Crippen LogP contribution in [0.3, 0.4) is 0 Å². The topological polar surface area (TPSA) is 64.6 Å². The van der Waals surface area contributed by atoms with Crippen molar-refractivity contribution in [3.8, 4) is 5.75 Å². The Morgan fingerprint density at radius 1 is 1.03 bits per heavy atom. The molecule has 5 nitrogen and oxygen atoms in total. The van der Waals surface area contributed by atoms with Crippen LogP contribution in [0.1, 0.15) is 104 Å². The molecule has 0 bridgehead atoms. The predicted molar refractivity (Wildman–Crippen MR) is 147 cm³/mol. The molecule has 0 aromatic heterocycles. The van der Waals surface area contributed by atoms with Gasteiger partial charge >= 0.3 is 5.97 Å². The lowest BCUT2D eigenvalue weighted by Gasteiger charge is -2.32. The second kappa shape index (κ2) is 15.9. The van der Waals surface area contributed by atoms with E-state index >= 15 is 0 Å². The van der Waals surface area contributed by atoms with Gasteiger partial charge in [-0.05, 0) is 66.5 Å². The number of benzene rings is 1. The number of hydrogen-bond donors (Lipinski definition) is 1. The van der Waals surface area contributed by atoms with Gasteiger partial charge in [0.2, 0.25) is 0 Å². The molecule has 5 heteroatoms. The fraction of sp³-hybridized carbons (Fsp3) is 0.742. The number of ether oxygens (including phenoxy) is 2. The zero-order valence-corrected chi connectivity index (χ0v) is 23.7. The molecule has 2 aliphatic carbocycles. The molecule has 0 radical (unpaired) electrons. The van der Waals surface area contributed by atoms with E-state index in [-0.39, 0.29) is 18.4 Å². The molecule has 2 aliphatic rings. The summed E-state index contributed by atoms with van der Waals surface area (Å²) >= 11 is 0. The van der Waals surface area contributed by atoms with Crippen LogP contribution in [-0.4, -0.2) is 31.6 Å². The van der Waals surface area contributed by atoms with Gasteiger partial charge in [0.15, 0.2) is 12.7 Å². The molecule has 1 aromatic carbocycles. The summed E-state index contributed by atoms with van der Waals surface area (Å²) in [4.78, 5) is 24.4. The number of hydrogen-bond acceptors (Lipinski definition) is 4. The largest absolute Gasteiger partial charge is 0.482 e. The molecule has 204 valence electrons. The first kappa shape index (κ1) is 30.2. The maximum atomic E-state index is 12.4. The zero-order chi connectivity index (χ0) is 26.5. The van der Waals surface area contributed by atoms with Crippen LogP contribution in [0, 0.1) is 23.7 Å². The highest BCUT2D eigenvalue weighted by Crippen LogP contribution is 2.48. The van der Waals surface area contributed by atoms with Crippen molar-refractivity contribution in [1.82, 2.24) is 5.32 Å². The van der Waals surface area contributed by atoms with Crippen LogP contribution in [0.4, 0.5) is 0 Å². The Labute approximate surface area is 220 Å². The van der Waals surface area contributed by atoms with Crippen molar-refractivity contribution in [2.75, 3.05) is 13.7 Å². The van der Waals surface area contributed by atoms with E-state index in [1.165, 1.54) is 68.9 Å². The fourth-order valence-corrected chi connectivity index (χ4v) is 6.01. The van der Waals surface area contributed by atoms with Gasteiger partial charge in [0.05, 0.1) is 0 Å². The van der Waals surface area contributed by atoms with E-state index in [2.05, 4.69) is 18.3 Å². The zero-order valence-electron chi connectivity index (χ0n) is 23.7. The number of esters is 1. The van der Waals surface area contributed by atoms with E-state index in [4.69, 9.17) is 9.47 Å². The molecule has 1 fully saturated rings. The van der Waals surface area contributed by atoms with E-state index < -0.39 is 12.1 Å². The third-order valence-corrected chi connectivity index (χ3v) is 7.91. The van der Waals surface area contributed by atoms with Crippen molar-refractivity contribution in [1.29, 1.82) is 0 Å². The molecule has 0 heterocycles. The summed E-state index contributed by atoms with van der Waals surface area (Å²) in [6.07, 6.45) is 13.7. The summed E-state index contributed by atoms with van der Waals surface area (Å²) in [5.74, 6) is 2.29. The first-order valence-electron chi connectivity index (χ1n) is 14.6. The maximum absolute atomic E-state index is 12.4. The second-order valence-electron chi connectivity index (χ2n) is 10.7. The van der Waals surface area contributed by atoms with Crippen molar-refractivity contribution >= 4 is 11.9 Å². The normalized spacial score (nSPS) is 21.0. The van der Waals surface area contributed by atoms with Crippen molar-refractivity contribution < 1.29 is 19.1 Å². The lowest BCUT2D eigenvalue weighted by atomic mass is 9.73. The van der Waals surface area contributed by atoms with Gasteiger partial charge in [-0.15, -0.1) is 0 Å².